The van der Waals surface area contributed by atoms with Gasteiger partial charge in [-0.2, -0.15) is 0 Å². The highest BCUT2D eigenvalue weighted by molar-refractivity contribution is 5.77. The Hall–Kier alpha value is -1.62. The minimum absolute atomic E-state index is 0.381. The molecule has 1 N–H and O–H groups in total. The first-order chi connectivity index (χ1) is 8.45. The number of rotatable bonds is 6. The Bertz CT molecular complexity index is 421. The van der Waals surface area contributed by atoms with Crippen LogP contribution in [0.15, 0.2) is 18.2 Å². The van der Waals surface area contributed by atoms with Crippen molar-refractivity contribution >= 4 is 5.97 Å². The van der Waals surface area contributed by atoms with E-state index < -0.39 is 17.7 Å². The molecule has 1 aromatic carbocycles. The molecule has 1 atom stereocenters. The van der Waals surface area contributed by atoms with Gasteiger partial charge in [-0.25, -0.2) is 4.39 Å². The molecule has 0 aromatic heterocycles. The second kappa shape index (κ2) is 6.35. The molecule has 0 bridgehead atoms. The van der Waals surface area contributed by atoms with Crippen LogP contribution in [0.2, 0.25) is 0 Å². The standard InChI is InChI=1S/C13H18FNO3/c1-15(2)7-6-10(13(16)17)11-8-9(14)4-5-12(11)18-3/h4-5,8,10H,6-7H2,1-3H3,(H,16,17). The van der Waals surface area contributed by atoms with E-state index in [0.29, 0.717) is 24.3 Å². The smallest absolute Gasteiger partial charge is 0.311 e. The summed E-state index contributed by atoms with van der Waals surface area (Å²) in [6, 6.07) is 3.94. The molecule has 0 fully saturated rings. The number of carboxylic acids is 1. The van der Waals surface area contributed by atoms with Gasteiger partial charge in [0, 0.05) is 5.56 Å². The Balaban J connectivity index is 3.04. The van der Waals surface area contributed by atoms with Gasteiger partial charge in [-0.3, -0.25) is 4.79 Å². The molecular weight excluding hydrogens is 237 g/mol. The summed E-state index contributed by atoms with van der Waals surface area (Å²) in [5, 5.41) is 9.25. The SMILES string of the molecule is COc1ccc(F)cc1C(CCN(C)C)C(=O)O. The van der Waals surface area contributed by atoms with Crippen LogP contribution >= 0.6 is 0 Å². The molecule has 1 unspecified atom stereocenters. The maximum Gasteiger partial charge on any atom is 0.311 e. The molecule has 1 rings (SSSR count). The maximum atomic E-state index is 13.2. The normalized spacial score (nSPS) is 12.5. The van der Waals surface area contributed by atoms with Crippen LogP contribution in [0.4, 0.5) is 4.39 Å². The van der Waals surface area contributed by atoms with Gasteiger partial charge in [-0.1, -0.05) is 0 Å². The molecule has 0 heterocycles. The first-order valence-corrected chi connectivity index (χ1v) is 5.66. The number of benzene rings is 1. The van der Waals surface area contributed by atoms with Crippen molar-refractivity contribution in [2.45, 2.75) is 12.3 Å². The highest BCUT2D eigenvalue weighted by Crippen LogP contribution is 2.30. The monoisotopic (exact) mass is 255 g/mol. The van der Waals surface area contributed by atoms with Crippen molar-refractivity contribution in [2.75, 3.05) is 27.7 Å². The third-order valence-corrected chi connectivity index (χ3v) is 2.73. The van der Waals surface area contributed by atoms with E-state index in [4.69, 9.17) is 4.74 Å². The molecule has 0 aliphatic carbocycles. The number of carbonyl (C=O) groups is 1. The lowest BCUT2D eigenvalue weighted by molar-refractivity contribution is -0.139. The molecule has 5 heteroatoms. The maximum absolute atomic E-state index is 13.2. The zero-order chi connectivity index (χ0) is 13.7. The predicted octanol–water partition coefficient (Wildman–Crippen LogP) is 1.95. The summed E-state index contributed by atoms with van der Waals surface area (Å²) in [7, 11) is 5.17. The molecule has 18 heavy (non-hydrogen) atoms. The third-order valence-electron chi connectivity index (χ3n) is 2.73. The van der Waals surface area contributed by atoms with E-state index in [9.17, 15) is 14.3 Å². The van der Waals surface area contributed by atoms with E-state index in [-0.39, 0.29) is 0 Å². The Kier molecular flexibility index (Phi) is 5.09. The topological polar surface area (TPSA) is 49.8 Å². The zero-order valence-corrected chi connectivity index (χ0v) is 10.8. The Labute approximate surface area is 106 Å². The van der Waals surface area contributed by atoms with Crippen LogP contribution in [-0.2, 0) is 4.79 Å². The summed E-state index contributed by atoms with van der Waals surface area (Å²) in [6.07, 6.45) is 0.405. The second-order valence-electron chi connectivity index (χ2n) is 4.37. The van der Waals surface area contributed by atoms with Crippen molar-refractivity contribution in [2.24, 2.45) is 0 Å². The van der Waals surface area contributed by atoms with Crippen molar-refractivity contribution < 1.29 is 19.0 Å². The molecule has 0 radical (unpaired) electrons. The molecule has 100 valence electrons. The largest absolute Gasteiger partial charge is 0.496 e. The Morgan fingerprint density at radius 3 is 2.67 bits per heavy atom. The van der Waals surface area contributed by atoms with E-state index in [2.05, 4.69) is 0 Å². The summed E-state index contributed by atoms with van der Waals surface area (Å²) >= 11 is 0. The van der Waals surface area contributed by atoms with E-state index in [1.807, 2.05) is 19.0 Å². The van der Waals surface area contributed by atoms with Crippen molar-refractivity contribution in [1.29, 1.82) is 0 Å². The fourth-order valence-electron chi connectivity index (χ4n) is 1.78. The molecule has 0 aliphatic rings. The second-order valence-corrected chi connectivity index (χ2v) is 4.37. The molecule has 1 aromatic rings. The molecular formula is C13H18FNO3. The average molecular weight is 255 g/mol. The molecule has 0 aliphatic heterocycles. The molecule has 0 spiro atoms. The fourth-order valence-corrected chi connectivity index (χ4v) is 1.78. The molecule has 0 amide bonds. The summed E-state index contributed by atoms with van der Waals surface area (Å²) in [5.41, 5.74) is 0.381. The van der Waals surface area contributed by atoms with Gasteiger partial charge in [0.25, 0.3) is 0 Å². The number of aliphatic carboxylic acids is 1. The summed E-state index contributed by atoms with van der Waals surface area (Å²) in [6.45, 7) is 0.608. The number of hydrogen-bond donors (Lipinski definition) is 1. The highest BCUT2D eigenvalue weighted by atomic mass is 19.1. The predicted molar refractivity (Wildman–Crippen MR) is 66.5 cm³/mol. The van der Waals surface area contributed by atoms with Gasteiger partial charge in [0.2, 0.25) is 0 Å². The van der Waals surface area contributed by atoms with Crippen LogP contribution in [0.25, 0.3) is 0 Å². The van der Waals surface area contributed by atoms with Crippen molar-refractivity contribution in [3.8, 4) is 5.75 Å². The zero-order valence-electron chi connectivity index (χ0n) is 10.8. The Morgan fingerprint density at radius 1 is 1.50 bits per heavy atom. The van der Waals surface area contributed by atoms with Crippen LogP contribution in [0.5, 0.6) is 5.75 Å². The van der Waals surface area contributed by atoms with Gasteiger partial charge in [-0.15, -0.1) is 0 Å². The van der Waals surface area contributed by atoms with Crippen LogP contribution < -0.4 is 4.74 Å². The van der Waals surface area contributed by atoms with E-state index in [0.717, 1.165) is 0 Å². The number of methoxy groups -OCH3 is 1. The van der Waals surface area contributed by atoms with E-state index >= 15 is 0 Å². The summed E-state index contributed by atoms with van der Waals surface area (Å²) in [5.74, 6) is -1.79. The Morgan fingerprint density at radius 2 is 2.17 bits per heavy atom. The minimum Gasteiger partial charge on any atom is -0.496 e. The van der Waals surface area contributed by atoms with Gasteiger partial charge < -0.3 is 14.7 Å². The lowest BCUT2D eigenvalue weighted by atomic mass is 9.94. The molecule has 0 saturated carbocycles. The third kappa shape index (κ3) is 3.70. The minimum atomic E-state index is -0.972. The number of nitrogens with zero attached hydrogens (tertiary/aromatic N) is 1. The number of ether oxygens (including phenoxy) is 1. The number of halogens is 1. The van der Waals surface area contributed by atoms with Crippen LogP contribution in [0.3, 0.4) is 0 Å². The number of carboxylic acid groups (broad SMARTS) is 1. The molecule has 0 saturated heterocycles. The van der Waals surface area contributed by atoms with Gasteiger partial charge in [0.05, 0.1) is 13.0 Å². The lowest BCUT2D eigenvalue weighted by Crippen LogP contribution is -2.20. The van der Waals surface area contributed by atoms with Crippen LogP contribution in [0, 0.1) is 5.82 Å². The lowest BCUT2D eigenvalue weighted by Gasteiger charge is -2.18. The van der Waals surface area contributed by atoms with E-state index in [1.54, 1.807) is 0 Å². The summed E-state index contributed by atoms with van der Waals surface area (Å²) in [4.78, 5) is 13.2. The van der Waals surface area contributed by atoms with Gasteiger partial charge in [-0.05, 0) is 45.3 Å². The highest BCUT2D eigenvalue weighted by Gasteiger charge is 2.23. The fraction of sp³-hybridized carbons (Fsp3) is 0.462. The van der Waals surface area contributed by atoms with Crippen LogP contribution in [-0.4, -0.2) is 43.7 Å². The first kappa shape index (κ1) is 14.4. The first-order valence-electron chi connectivity index (χ1n) is 5.66. The van der Waals surface area contributed by atoms with E-state index in [1.165, 1.54) is 25.3 Å². The van der Waals surface area contributed by atoms with Gasteiger partial charge >= 0.3 is 5.97 Å². The van der Waals surface area contributed by atoms with Crippen molar-refractivity contribution in [1.82, 2.24) is 4.90 Å². The average Bonchev–Trinajstić information content (AvgIpc) is 2.28. The van der Waals surface area contributed by atoms with Crippen molar-refractivity contribution in [3.63, 3.8) is 0 Å². The number of hydrogen-bond acceptors (Lipinski definition) is 3. The van der Waals surface area contributed by atoms with Gasteiger partial charge in [0.15, 0.2) is 0 Å². The quantitative estimate of drug-likeness (QED) is 0.844. The molecule has 4 nitrogen and oxygen atoms in total. The van der Waals surface area contributed by atoms with Crippen molar-refractivity contribution in [3.05, 3.63) is 29.6 Å². The summed E-state index contributed by atoms with van der Waals surface area (Å²) < 4.78 is 18.3. The van der Waals surface area contributed by atoms with Crippen LogP contribution in [0.1, 0.15) is 17.9 Å². The van der Waals surface area contributed by atoms with Gasteiger partial charge in [0.1, 0.15) is 11.6 Å².